The Labute approximate surface area is 228 Å². The normalized spacial score (nSPS) is 24.5. The molecule has 4 amide bonds. The van der Waals surface area contributed by atoms with Gasteiger partial charge in [0.05, 0.1) is 7.11 Å². The van der Waals surface area contributed by atoms with E-state index < -0.39 is 29.8 Å². The number of rotatable bonds is 7. The number of hydrogen-bond acceptors (Lipinski definition) is 5. The molecule has 0 bridgehead atoms. The number of methoxy groups -OCH3 is 1. The molecule has 39 heavy (non-hydrogen) atoms. The molecule has 1 aromatic carbocycles. The molecule has 1 saturated carbocycles. The topological polar surface area (TPSA) is 147 Å². The van der Waals surface area contributed by atoms with Crippen LogP contribution in [0.1, 0.15) is 75.7 Å². The van der Waals surface area contributed by atoms with Crippen LogP contribution in [0.5, 0.6) is 5.75 Å². The van der Waals surface area contributed by atoms with Crippen LogP contribution in [0, 0.1) is 11.3 Å². The van der Waals surface area contributed by atoms with Crippen molar-refractivity contribution < 1.29 is 23.9 Å². The van der Waals surface area contributed by atoms with Gasteiger partial charge in [-0.2, -0.15) is 0 Å². The second-order valence-corrected chi connectivity index (χ2v) is 12.3. The number of nitrogens with zero attached hydrogens (tertiary/aromatic N) is 1. The lowest BCUT2D eigenvalue weighted by Crippen LogP contribution is -2.53. The van der Waals surface area contributed by atoms with Gasteiger partial charge in [-0.1, -0.05) is 25.3 Å². The number of nitrogens with two attached hydrogens (primary N) is 1. The summed E-state index contributed by atoms with van der Waals surface area (Å²) in [6, 6.07) is 5.60. The van der Waals surface area contributed by atoms with Crippen molar-refractivity contribution in [1.29, 1.82) is 0 Å². The third-order valence-corrected chi connectivity index (χ3v) is 8.83. The molecule has 3 heterocycles. The van der Waals surface area contributed by atoms with Gasteiger partial charge in [-0.3, -0.25) is 19.2 Å². The van der Waals surface area contributed by atoms with E-state index in [2.05, 4.69) is 15.6 Å². The molecule has 3 atom stereocenters. The van der Waals surface area contributed by atoms with Crippen LogP contribution in [0.4, 0.5) is 0 Å². The number of primary amides is 1. The lowest BCUT2D eigenvalue weighted by molar-refractivity contribution is -0.131. The van der Waals surface area contributed by atoms with Gasteiger partial charge in [0, 0.05) is 28.9 Å². The van der Waals surface area contributed by atoms with Crippen LogP contribution in [0.2, 0.25) is 0 Å². The van der Waals surface area contributed by atoms with E-state index in [-0.39, 0.29) is 29.2 Å². The van der Waals surface area contributed by atoms with Crippen molar-refractivity contribution in [1.82, 2.24) is 20.5 Å². The molecule has 2 saturated heterocycles. The average Bonchev–Trinajstić information content (AvgIpc) is 3.56. The van der Waals surface area contributed by atoms with Crippen molar-refractivity contribution in [3.05, 3.63) is 30.0 Å². The fourth-order valence-electron chi connectivity index (χ4n) is 6.93. The predicted octanol–water partition coefficient (Wildman–Crippen LogP) is 2.62. The van der Waals surface area contributed by atoms with E-state index in [0.29, 0.717) is 30.8 Å². The summed E-state index contributed by atoms with van der Waals surface area (Å²) in [6.45, 7) is 4.33. The molecular formula is C29H39N5O5. The molecule has 10 heteroatoms. The summed E-state index contributed by atoms with van der Waals surface area (Å²) in [5.41, 5.74) is 6.34. The molecule has 1 aromatic heterocycles. The summed E-state index contributed by atoms with van der Waals surface area (Å²) in [6.07, 6.45) is 6.41. The number of likely N-dealkylation sites (tertiary alicyclic amines) is 1. The monoisotopic (exact) mass is 537 g/mol. The van der Waals surface area contributed by atoms with Crippen molar-refractivity contribution in [3.63, 3.8) is 0 Å². The van der Waals surface area contributed by atoms with E-state index in [9.17, 15) is 19.2 Å². The molecule has 2 aliphatic heterocycles. The minimum Gasteiger partial charge on any atom is -0.496 e. The molecule has 3 aliphatic rings. The Morgan fingerprint density at radius 2 is 1.92 bits per heavy atom. The van der Waals surface area contributed by atoms with Crippen molar-refractivity contribution in [2.45, 2.75) is 82.8 Å². The maximum absolute atomic E-state index is 13.9. The lowest BCUT2D eigenvalue weighted by Gasteiger charge is -2.32. The van der Waals surface area contributed by atoms with Crippen LogP contribution in [0.15, 0.2) is 24.3 Å². The quantitative estimate of drug-likeness (QED) is 0.429. The molecule has 1 spiro atoms. The highest BCUT2D eigenvalue weighted by atomic mass is 16.5. The number of hydrogen-bond donors (Lipinski definition) is 4. The number of ether oxygens (including phenoxy) is 1. The number of aromatic nitrogens is 1. The molecule has 210 valence electrons. The molecule has 1 aliphatic carbocycles. The average molecular weight is 538 g/mol. The Morgan fingerprint density at radius 3 is 2.56 bits per heavy atom. The Kier molecular flexibility index (Phi) is 7.07. The lowest BCUT2D eigenvalue weighted by atomic mass is 9.72. The van der Waals surface area contributed by atoms with Gasteiger partial charge in [0.25, 0.3) is 5.91 Å². The minimum absolute atomic E-state index is 0.128. The van der Waals surface area contributed by atoms with Gasteiger partial charge in [-0.05, 0) is 69.6 Å². The fraction of sp³-hybridized carbons (Fsp3) is 0.586. The van der Waals surface area contributed by atoms with Crippen molar-refractivity contribution in [3.8, 4) is 5.75 Å². The molecule has 1 unspecified atom stereocenters. The summed E-state index contributed by atoms with van der Waals surface area (Å²) in [4.78, 5) is 57.3. The van der Waals surface area contributed by atoms with Crippen LogP contribution < -0.4 is 21.1 Å². The first-order valence-electron chi connectivity index (χ1n) is 13.9. The Balaban J connectivity index is 1.39. The molecule has 5 N–H and O–H groups in total. The zero-order chi connectivity index (χ0) is 27.9. The zero-order valence-corrected chi connectivity index (χ0v) is 23.0. The Hall–Kier alpha value is -3.56. The number of fused-ring (bicyclic) bond motifs is 1. The number of benzene rings is 1. The van der Waals surface area contributed by atoms with E-state index in [0.717, 1.165) is 43.0 Å². The molecule has 3 fully saturated rings. The van der Waals surface area contributed by atoms with Crippen LogP contribution in [-0.2, 0) is 14.4 Å². The van der Waals surface area contributed by atoms with Crippen molar-refractivity contribution >= 4 is 34.5 Å². The van der Waals surface area contributed by atoms with E-state index >= 15 is 0 Å². The molecular weight excluding hydrogens is 498 g/mol. The number of nitrogens with one attached hydrogen (secondary N) is 3. The SMILES string of the molecule is COc1cccc2[nH]c(C(=O)N3CC4(CCCCC4)C[C@H]3C(=O)NC(C[C@@H]3CC(C)(C)NC3=O)C(N)=O)cc12. The summed E-state index contributed by atoms with van der Waals surface area (Å²) in [7, 11) is 1.59. The van der Waals surface area contributed by atoms with Crippen LogP contribution in [0.3, 0.4) is 0 Å². The Morgan fingerprint density at radius 1 is 1.18 bits per heavy atom. The van der Waals surface area contributed by atoms with Crippen LogP contribution >= 0.6 is 0 Å². The van der Waals surface area contributed by atoms with Gasteiger partial charge in [0.2, 0.25) is 17.7 Å². The highest BCUT2D eigenvalue weighted by Gasteiger charge is 2.50. The molecule has 5 rings (SSSR count). The van der Waals surface area contributed by atoms with E-state index in [4.69, 9.17) is 10.5 Å². The molecule has 0 radical (unpaired) electrons. The third kappa shape index (κ3) is 5.33. The second kappa shape index (κ2) is 10.2. The standard InChI is InChI=1S/C29H39N5O5/c1-28(2)14-17(25(36)33-28)12-20(24(30)35)32-26(37)22-15-29(10-5-4-6-11-29)16-34(22)27(38)21-13-18-19(31-21)8-7-9-23(18)39-3/h7-9,13,17,20,22,31H,4-6,10-12,14-16H2,1-3H3,(H2,30,35)(H,32,37)(H,33,36)/t17-,20?,22+/m1/s1. The van der Waals surface area contributed by atoms with Gasteiger partial charge in [0.1, 0.15) is 23.5 Å². The zero-order valence-electron chi connectivity index (χ0n) is 23.0. The number of carbonyl (C=O) groups excluding carboxylic acids is 4. The van der Waals surface area contributed by atoms with Gasteiger partial charge in [-0.15, -0.1) is 0 Å². The van der Waals surface area contributed by atoms with Gasteiger partial charge < -0.3 is 31.0 Å². The largest absolute Gasteiger partial charge is 0.496 e. The minimum atomic E-state index is -1.00. The summed E-state index contributed by atoms with van der Waals surface area (Å²) >= 11 is 0. The maximum atomic E-state index is 13.9. The summed E-state index contributed by atoms with van der Waals surface area (Å²) in [5.74, 6) is -1.26. The Bertz CT molecular complexity index is 1290. The summed E-state index contributed by atoms with van der Waals surface area (Å²) < 4.78 is 5.46. The van der Waals surface area contributed by atoms with E-state index in [1.807, 2.05) is 32.0 Å². The number of amides is 4. The van der Waals surface area contributed by atoms with Crippen molar-refractivity contribution in [2.75, 3.05) is 13.7 Å². The first-order valence-corrected chi connectivity index (χ1v) is 13.9. The molecule has 10 nitrogen and oxygen atoms in total. The maximum Gasteiger partial charge on any atom is 0.271 e. The number of aromatic amines is 1. The number of H-pyrrole nitrogens is 1. The highest BCUT2D eigenvalue weighted by Crippen LogP contribution is 2.47. The first-order chi connectivity index (χ1) is 18.5. The fourth-order valence-corrected chi connectivity index (χ4v) is 6.93. The van der Waals surface area contributed by atoms with Crippen molar-refractivity contribution in [2.24, 2.45) is 17.1 Å². The van der Waals surface area contributed by atoms with Crippen LogP contribution in [-0.4, -0.2) is 64.8 Å². The first kappa shape index (κ1) is 27.0. The van der Waals surface area contributed by atoms with E-state index in [1.165, 1.54) is 0 Å². The van der Waals surface area contributed by atoms with Gasteiger partial charge in [-0.25, -0.2) is 0 Å². The van der Waals surface area contributed by atoms with E-state index in [1.54, 1.807) is 18.1 Å². The van der Waals surface area contributed by atoms with Gasteiger partial charge >= 0.3 is 0 Å². The second-order valence-electron chi connectivity index (χ2n) is 12.3. The summed E-state index contributed by atoms with van der Waals surface area (Å²) in [5, 5.41) is 6.54. The molecule has 2 aromatic rings. The predicted molar refractivity (Wildman–Crippen MR) is 146 cm³/mol. The highest BCUT2D eigenvalue weighted by molar-refractivity contribution is 6.02. The third-order valence-electron chi connectivity index (χ3n) is 8.83. The van der Waals surface area contributed by atoms with Crippen LogP contribution in [0.25, 0.3) is 10.9 Å². The smallest absolute Gasteiger partial charge is 0.271 e. The van der Waals surface area contributed by atoms with Gasteiger partial charge in [0.15, 0.2) is 0 Å². The number of carbonyl (C=O) groups is 4.